The van der Waals surface area contributed by atoms with Crippen LogP contribution in [0.4, 0.5) is 5.13 Å². The second-order valence-electron chi connectivity index (χ2n) is 4.64. The van der Waals surface area contributed by atoms with Gasteiger partial charge in [-0.05, 0) is 37.3 Å². The van der Waals surface area contributed by atoms with Crippen LogP contribution in [-0.2, 0) is 0 Å². The van der Waals surface area contributed by atoms with Gasteiger partial charge in [0.15, 0.2) is 5.13 Å². The van der Waals surface area contributed by atoms with Gasteiger partial charge in [0, 0.05) is 11.6 Å². The van der Waals surface area contributed by atoms with Crippen molar-refractivity contribution >= 4 is 55.8 Å². The fourth-order valence-corrected chi connectivity index (χ4v) is 3.67. The van der Waals surface area contributed by atoms with Crippen LogP contribution in [0.2, 0.25) is 10.0 Å². The maximum absolute atomic E-state index is 12.8. The highest BCUT2D eigenvalue weighted by molar-refractivity contribution is 7.22. The first kappa shape index (κ1) is 15.3. The third-order valence-electron chi connectivity index (χ3n) is 3.24. The zero-order chi connectivity index (χ0) is 15.7. The number of para-hydroxylation sites is 1. The normalized spacial score (nSPS) is 10.9. The smallest absolute Gasteiger partial charge is 0.261 e. The summed E-state index contributed by atoms with van der Waals surface area (Å²) in [5, 5.41) is 1.52. The van der Waals surface area contributed by atoms with Crippen molar-refractivity contribution in [2.24, 2.45) is 0 Å². The first-order valence-corrected chi connectivity index (χ1v) is 8.30. The van der Waals surface area contributed by atoms with Crippen molar-refractivity contribution in [1.29, 1.82) is 0 Å². The van der Waals surface area contributed by atoms with Gasteiger partial charge in [-0.2, -0.15) is 0 Å². The van der Waals surface area contributed by atoms with E-state index in [4.69, 9.17) is 23.2 Å². The number of nitrogens with zero attached hydrogens (tertiary/aromatic N) is 2. The number of hydrogen-bond donors (Lipinski definition) is 0. The molecule has 0 spiro atoms. The second kappa shape index (κ2) is 6.24. The van der Waals surface area contributed by atoms with E-state index in [9.17, 15) is 4.79 Å². The minimum atomic E-state index is -0.178. The van der Waals surface area contributed by atoms with Crippen molar-refractivity contribution in [3.8, 4) is 0 Å². The van der Waals surface area contributed by atoms with Gasteiger partial charge >= 0.3 is 0 Å². The van der Waals surface area contributed by atoms with Crippen LogP contribution in [0.1, 0.15) is 17.3 Å². The van der Waals surface area contributed by atoms with Crippen molar-refractivity contribution in [3.63, 3.8) is 0 Å². The molecule has 0 fully saturated rings. The molecule has 1 heterocycles. The van der Waals surface area contributed by atoms with E-state index in [0.717, 1.165) is 10.2 Å². The molecule has 0 aliphatic rings. The Morgan fingerprint density at radius 3 is 2.68 bits per heavy atom. The maximum Gasteiger partial charge on any atom is 0.261 e. The second-order valence-corrected chi connectivity index (χ2v) is 6.49. The van der Waals surface area contributed by atoms with E-state index in [2.05, 4.69) is 4.98 Å². The van der Waals surface area contributed by atoms with Gasteiger partial charge in [-0.1, -0.05) is 46.7 Å². The zero-order valence-corrected chi connectivity index (χ0v) is 14.0. The molecule has 0 atom stereocenters. The largest absolute Gasteiger partial charge is 0.284 e. The van der Waals surface area contributed by atoms with E-state index in [0.29, 0.717) is 27.3 Å². The van der Waals surface area contributed by atoms with Crippen LogP contribution >= 0.6 is 34.5 Å². The quantitative estimate of drug-likeness (QED) is 0.644. The van der Waals surface area contributed by atoms with E-state index >= 15 is 0 Å². The Kier molecular flexibility index (Phi) is 4.34. The Labute approximate surface area is 142 Å². The first-order valence-electron chi connectivity index (χ1n) is 6.72. The van der Waals surface area contributed by atoms with Crippen molar-refractivity contribution in [3.05, 3.63) is 58.1 Å². The molecule has 2 aromatic carbocycles. The van der Waals surface area contributed by atoms with Crippen LogP contribution in [0.25, 0.3) is 10.2 Å². The van der Waals surface area contributed by atoms with Gasteiger partial charge in [-0.25, -0.2) is 4.98 Å². The molecule has 0 bridgehead atoms. The summed E-state index contributed by atoms with van der Waals surface area (Å²) in [6.45, 7) is 2.42. The number of anilines is 1. The number of amides is 1. The van der Waals surface area contributed by atoms with Gasteiger partial charge in [0.1, 0.15) is 0 Å². The third kappa shape index (κ3) is 2.82. The number of halogens is 2. The Bertz CT molecular complexity index is 814. The highest BCUT2D eigenvalue weighted by Crippen LogP contribution is 2.30. The number of carbonyl (C=O) groups is 1. The van der Waals surface area contributed by atoms with E-state index in [-0.39, 0.29) is 5.91 Å². The van der Waals surface area contributed by atoms with Gasteiger partial charge in [-0.3, -0.25) is 9.69 Å². The lowest BCUT2D eigenvalue weighted by atomic mass is 10.2. The minimum Gasteiger partial charge on any atom is -0.284 e. The molecular formula is C16H12Cl2N2OS. The summed E-state index contributed by atoms with van der Waals surface area (Å²) in [5.41, 5.74) is 1.31. The molecule has 1 aromatic heterocycles. The monoisotopic (exact) mass is 350 g/mol. The van der Waals surface area contributed by atoms with Crippen LogP contribution in [0.15, 0.2) is 42.5 Å². The number of aromatic nitrogens is 1. The minimum absolute atomic E-state index is 0.178. The number of fused-ring (bicyclic) bond motifs is 1. The first-order chi connectivity index (χ1) is 10.6. The molecule has 112 valence electrons. The fraction of sp³-hybridized carbons (Fsp3) is 0.125. The fourth-order valence-electron chi connectivity index (χ4n) is 2.15. The highest BCUT2D eigenvalue weighted by atomic mass is 35.5. The van der Waals surface area contributed by atoms with Crippen LogP contribution < -0.4 is 4.90 Å². The number of carbonyl (C=O) groups excluding carboxylic acids is 1. The molecule has 0 unspecified atom stereocenters. The van der Waals surface area contributed by atoms with Gasteiger partial charge in [0.05, 0.1) is 20.8 Å². The molecule has 1 amide bonds. The van der Waals surface area contributed by atoms with E-state index in [1.807, 2.05) is 31.2 Å². The molecule has 3 aromatic rings. The molecule has 0 N–H and O–H groups in total. The van der Waals surface area contributed by atoms with Gasteiger partial charge in [-0.15, -0.1) is 0 Å². The molecule has 0 saturated carbocycles. The van der Waals surface area contributed by atoms with Crippen LogP contribution in [0, 0.1) is 0 Å². The van der Waals surface area contributed by atoms with Gasteiger partial charge in [0.25, 0.3) is 5.91 Å². The van der Waals surface area contributed by atoms with Crippen LogP contribution in [0.5, 0.6) is 0 Å². The lowest BCUT2D eigenvalue weighted by molar-refractivity contribution is 0.0988. The standard InChI is InChI=1S/C16H12Cl2N2OS/c1-2-20(15(21)11-8-7-10(17)9-12(11)18)16-19-13-5-3-4-6-14(13)22-16/h3-9H,2H2,1H3. The Balaban J connectivity index is 2.01. The Morgan fingerprint density at radius 2 is 2.00 bits per heavy atom. The van der Waals surface area contributed by atoms with Gasteiger partial charge < -0.3 is 0 Å². The number of rotatable bonds is 3. The zero-order valence-electron chi connectivity index (χ0n) is 11.7. The molecular weight excluding hydrogens is 339 g/mol. The molecule has 22 heavy (non-hydrogen) atoms. The van der Waals surface area contributed by atoms with E-state index in [1.165, 1.54) is 11.3 Å². The molecule has 6 heteroatoms. The third-order valence-corrected chi connectivity index (χ3v) is 4.84. The maximum atomic E-state index is 12.8. The number of benzene rings is 2. The molecule has 3 rings (SSSR count). The van der Waals surface area contributed by atoms with Crippen molar-refractivity contribution in [2.75, 3.05) is 11.4 Å². The predicted molar refractivity (Wildman–Crippen MR) is 93.4 cm³/mol. The average Bonchev–Trinajstić information content (AvgIpc) is 2.91. The summed E-state index contributed by atoms with van der Waals surface area (Å²) in [6, 6.07) is 12.7. The van der Waals surface area contributed by atoms with Crippen molar-refractivity contribution in [2.45, 2.75) is 6.92 Å². The van der Waals surface area contributed by atoms with Gasteiger partial charge in [0.2, 0.25) is 0 Å². The summed E-state index contributed by atoms with van der Waals surface area (Å²) in [5.74, 6) is -0.178. The van der Waals surface area contributed by atoms with E-state index in [1.54, 1.807) is 23.1 Å². The van der Waals surface area contributed by atoms with Crippen LogP contribution in [-0.4, -0.2) is 17.4 Å². The molecule has 0 saturated heterocycles. The molecule has 0 aliphatic heterocycles. The lowest BCUT2D eigenvalue weighted by Gasteiger charge is -2.18. The summed E-state index contributed by atoms with van der Waals surface area (Å²) in [6.07, 6.45) is 0. The number of hydrogen-bond acceptors (Lipinski definition) is 3. The lowest BCUT2D eigenvalue weighted by Crippen LogP contribution is -2.30. The average molecular weight is 351 g/mol. The molecule has 0 radical (unpaired) electrons. The SMILES string of the molecule is CCN(C(=O)c1ccc(Cl)cc1Cl)c1nc2ccccc2s1. The van der Waals surface area contributed by atoms with Crippen LogP contribution in [0.3, 0.4) is 0 Å². The molecule has 3 nitrogen and oxygen atoms in total. The highest BCUT2D eigenvalue weighted by Gasteiger charge is 2.21. The summed E-state index contributed by atoms with van der Waals surface area (Å²) >= 11 is 13.5. The summed E-state index contributed by atoms with van der Waals surface area (Å²) in [4.78, 5) is 18.9. The summed E-state index contributed by atoms with van der Waals surface area (Å²) in [7, 11) is 0. The topological polar surface area (TPSA) is 33.2 Å². The number of thiazole rings is 1. The Hall–Kier alpha value is -1.62. The molecule has 0 aliphatic carbocycles. The van der Waals surface area contributed by atoms with Crippen molar-refractivity contribution < 1.29 is 4.79 Å². The summed E-state index contributed by atoms with van der Waals surface area (Å²) < 4.78 is 1.05. The predicted octanol–water partition coefficient (Wildman–Crippen LogP) is 5.27. The van der Waals surface area contributed by atoms with Crippen molar-refractivity contribution in [1.82, 2.24) is 4.98 Å². The Morgan fingerprint density at radius 1 is 1.23 bits per heavy atom. The van der Waals surface area contributed by atoms with E-state index < -0.39 is 0 Å².